The number of fused-ring (bicyclic) bond motifs is 1. The normalized spacial score (nSPS) is 27.0. The van der Waals surface area contributed by atoms with Gasteiger partial charge in [-0.2, -0.15) is 4.99 Å². The summed E-state index contributed by atoms with van der Waals surface area (Å²) in [6.45, 7) is 3.54. The Hall–Kier alpha value is -0.760. The Morgan fingerprint density at radius 2 is 2.04 bits per heavy atom. The first-order chi connectivity index (χ1) is 11.2. The van der Waals surface area contributed by atoms with Gasteiger partial charge in [0, 0.05) is 11.2 Å². The number of hydrogen-bond acceptors (Lipinski definition) is 4. The molecule has 0 N–H and O–H groups in total. The quantitative estimate of drug-likeness (QED) is 0.753. The van der Waals surface area contributed by atoms with E-state index in [1.165, 1.54) is 11.8 Å². The van der Waals surface area contributed by atoms with Crippen LogP contribution in [-0.2, 0) is 14.6 Å². The molecule has 0 saturated carbocycles. The number of amides is 1. The highest BCUT2D eigenvalue weighted by Crippen LogP contribution is 2.44. The van der Waals surface area contributed by atoms with Crippen LogP contribution in [0.1, 0.15) is 13.8 Å². The van der Waals surface area contributed by atoms with E-state index in [-0.39, 0.29) is 34.6 Å². The molecule has 2 atom stereocenters. The van der Waals surface area contributed by atoms with Crippen molar-refractivity contribution in [2.24, 2.45) is 10.9 Å². The number of anilines is 1. The van der Waals surface area contributed by atoms with Gasteiger partial charge in [-0.1, -0.05) is 54.9 Å². The summed E-state index contributed by atoms with van der Waals surface area (Å²) >= 11 is 13.8. The molecule has 2 fully saturated rings. The van der Waals surface area contributed by atoms with Crippen molar-refractivity contribution in [2.75, 3.05) is 16.4 Å². The van der Waals surface area contributed by atoms with Crippen molar-refractivity contribution in [3.8, 4) is 0 Å². The average Bonchev–Trinajstić information content (AvgIpc) is 2.93. The zero-order valence-electron chi connectivity index (χ0n) is 13.1. The monoisotopic (exact) mass is 406 g/mol. The number of amidine groups is 1. The number of aliphatic imine (C=N–C) groups is 1. The number of sulfone groups is 1. The van der Waals surface area contributed by atoms with E-state index in [1.807, 2.05) is 0 Å². The first kappa shape index (κ1) is 18.0. The Morgan fingerprint density at radius 1 is 1.33 bits per heavy atom. The maximum Gasteiger partial charge on any atom is 0.250 e. The standard InChI is InChI=1S/C15H16Cl2N2O3S2/c1-8(2)14(20)18-15-19(10-5-3-4-9(16)13(10)17)11-6-24(21,22)7-12(11)23-15/h3-5,8,11-12H,6-7H2,1-2H3/t11-,12+/m0/s1. The Bertz CT molecular complexity index is 824. The number of benzene rings is 1. The van der Waals surface area contributed by atoms with E-state index in [1.54, 1.807) is 36.9 Å². The number of carbonyl (C=O) groups excluding carboxylic acids is 1. The number of nitrogens with zero attached hydrogens (tertiary/aromatic N) is 2. The molecule has 0 radical (unpaired) electrons. The van der Waals surface area contributed by atoms with Gasteiger partial charge >= 0.3 is 0 Å². The van der Waals surface area contributed by atoms with E-state index in [2.05, 4.69) is 4.99 Å². The largest absolute Gasteiger partial charge is 0.314 e. The second-order valence-electron chi connectivity index (χ2n) is 6.13. The molecule has 2 aliphatic heterocycles. The molecule has 3 rings (SSSR count). The minimum absolute atomic E-state index is 0.0163. The maximum absolute atomic E-state index is 12.1. The lowest BCUT2D eigenvalue weighted by molar-refractivity contribution is -0.120. The summed E-state index contributed by atoms with van der Waals surface area (Å²) in [6.07, 6.45) is 0. The summed E-state index contributed by atoms with van der Waals surface area (Å²) in [7, 11) is -3.12. The Morgan fingerprint density at radius 3 is 2.71 bits per heavy atom. The van der Waals surface area contributed by atoms with Gasteiger partial charge in [-0.15, -0.1) is 0 Å². The first-order valence-electron chi connectivity index (χ1n) is 7.42. The highest BCUT2D eigenvalue weighted by Gasteiger charge is 2.49. The molecule has 1 amide bonds. The van der Waals surface area contributed by atoms with Gasteiger partial charge in [0.1, 0.15) is 0 Å². The molecule has 1 aromatic rings. The Labute approximate surface area is 155 Å². The van der Waals surface area contributed by atoms with E-state index in [9.17, 15) is 13.2 Å². The molecular formula is C15H16Cl2N2O3S2. The number of carbonyl (C=O) groups is 1. The van der Waals surface area contributed by atoms with Gasteiger partial charge in [-0.05, 0) is 12.1 Å². The van der Waals surface area contributed by atoms with E-state index < -0.39 is 9.84 Å². The van der Waals surface area contributed by atoms with Gasteiger partial charge < -0.3 is 4.90 Å². The molecule has 0 spiro atoms. The molecule has 0 aromatic heterocycles. The fraction of sp³-hybridized carbons (Fsp3) is 0.467. The zero-order valence-corrected chi connectivity index (χ0v) is 16.2. The summed E-state index contributed by atoms with van der Waals surface area (Å²) in [5, 5.41) is 1.03. The van der Waals surface area contributed by atoms with Crippen LogP contribution in [0.2, 0.25) is 10.0 Å². The lowest BCUT2D eigenvalue weighted by atomic mass is 10.2. The van der Waals surface area contributed by atoms with Crippen molar-refractivity contribution in [2.45, 2.75) is 25.1 Å². The van der Waals surface area contributed by atoms with Crippen molar-refractivity contribution in [1.82, 2.24) is 0 Å². The van der Waals surface area contributed by atoms with Crippen LogP contribution in [-0.4, -0.2) is 42.3 Å². The smallest absolute Gasteiger partial charge is 0.250 e. The third-order valence-corrected chi connectivity index (χ3v) is 7.98. The molecule has 130 valence electrons. The summed E-state index contributed by atoms with van der Waals surface area (Å²) < 4.78 is 24.0. The van der Waals surface area contributed by atoms with Gasteiger partial charge in [0.2, 0.25) is 0 Å². The summed E-state index contributed by atoms with van der Waals surface area (Å²) in [5.41, 5.74) is 0.580. The number of rotatable bonds is 2. The van der Waals surface area contributed by atoms with Crippen molar-refractivity contribution in [1.29, 1.82) is 0 Å². The van der Waals surface area contributed by atoms with Crippen molar-refractivity contribution >= 4 is 61.6 Å². The molecule has 0 bridgehead atoms. The number of thioether (sulfide) groups is 1. The second-order valence-corrected chi connectivity index (χ2v) is 10.3. The second kappa shape index (κ2) is 6.52. The van der Waals surface area contributed by atoms with E-state index in [0.29, 0.717) is 20.9 Å². The minimum Gasteiger partial charge on any atom is -0.314 e. The van der Waals surface area contributed by atoms with Crippen molar-refractivity contribution < 1.29 is 13.2 Å². The van der Waals surface area contributed by atoms with Crippen LogP contribution >= 0.6 is 35.0 Å². The van der Waals surface area contributed by atoms with Gasteiger partial charge in [0.15, 0.2) is 15.0 Å². The number of halogens is 2. The third-order valence-electron chi connectivity index (χ3n) is 3.96. The first-order valence-corrected chi connectivity index (χ1v) is 10.9. The molecule has 1 aromatic carbocycles. The summed E-state index contributed by atoms with van der Waals surface area (Å²) in [6, 6.07) is 4.87. The zero-order chi connectivity index (χ0) is 17.6. The van der Waals surface area contributed by atoms with Gasteiger partial charge in [0.25, 0.3) is 5.91 Å². The molecule has 0 aliphatic carbocycles. The fourth-order valence-electron chi connectivity index (χ4n) is 2.75. The fourth-order valence-corrected chi connectivity index (χ4v) is 7.05. The van der Waals surface area contributed by atoms with Crippen LogP contribution in [0.15, 0.2) is 23.2 Å². The van der Waals surface area contributed by atoms with E-state index in [4.69, 9.17) is 23.2 Å². The molecule has 24 heavy (non-hydrogen) atoms. The Kier molecular flexibility index (Phi) is 4.90. The van der Waals surface area contributed by atoms with Crippen LogP contribution in [0.25, 0.3) is 0 Å². The molecule has 2 aliphatic rings. The molecule has 9 heteroatoms. The van der Waals surface area contributed by atoms with Gasteiger partial charge in [-0.25, -0.2) is 8.42 Å². The van der Waals surface area contributed by atoms with Crippen LogP contribution in [0.4, 0.5) is 5.69 Å². The maximum atomic E-state index is 12.1. The molecule has 0 unspecified atom stereocenters. The van der Waals surface area contributed by atoms with Gasteiger partial charge in [-0.3, -0.25) is 4.79 Å². The average molecular weight is 407 g/mol. The predicted molar refractivity (Wildman–Crippen MR) is 100 cm³/mol. The molecule has 2 saturated heterocycles. The van der Waals surface area contributed by atoms with Crippen LogP contribution in [0.3, 0.4) is 0 Å². The topological polar surface area (TPSA) is 66.8 Å². The van der Waals surface area contributed by atoms with Crippen molar-refractivity contribution in [3.63, 3.8) is 0 Å². The Balaban J connectivity index is 2.08. The van der Waals surface area contributed by atoms with Gasteiger partial charge in [0.05, 0.1) is 33.3 Å². The lowest BCUT2D eigenvalue weighted by Gasteiger charge is -2.25. The van der Waals surface area contributed by atoms with Crippen molar-refractivity contribution in [3.05, 3.63) is 28.2 Å². The lowest BCUT2D eigenvalue weighted by Crippen LogP contribution is -2.38. The minimum atomic E-state index is -3.12. The third kappa shape index (κ3) is 3.31. The molecule has 5 nitrogen and oxygen atoms in total. The molecule has 2 heterocycles. The summed E-state index contributed by atoms with van der Waals surface area (Å²) in [5.74, 6) is -0.392. The van der Waals surface area contributed by atoms with Crippen LogP contribution < -0.4 is 4.90 Å². The van der Waals surface area contributed by atoms with E-state index >= 15 is 0 Å². The van der Waals surface area contributed by atoms with Crippen LogP contribution in [0, 0.1) is 5.92 Å². The molecular weight excluding hydrogens is 391 g/mol. The summed E-state index contributed by atoms with van der Waals surface area (Å²) in [4.78, 5) is 18.0. The SMILES string of the molecule is CC(C)C(=O)N=C1S[C@@H]2CS(=O)(=O)C[C@@H]2N1c1cccc(Cl)c1Cl. The number of hydrogen-bond donors (Lipinski definition) is 0. The highest BCUT2D eigenvalue weighted by atomic mass is 35.5. The van der Waals surface area contributed by atoms with E-state index in [0.717, 1.165) is 0 Å². The van der Waals surface area contributed by atoms with Crippen LogP contribution in [0.5, 0.6) is 0 Å². The predicted octanol–water partition coefficient (Wildman–Crippen LogP) is 3.25. The highest BCUT2D eigenvalue weighted by molar-refractivity contribution is 8.16.